The van der Waals surface area contributed by atoms with Gasteiger partial charge in [0.15, 0.2) is 5.60 Å². The Bertz CT molecular complexity index is 1050. The standard InChI is InChI=1S/C24H23F3N2O3/c1-23(2,32-21-13-10-19(14-28-21)24(25,26)27)22(30)29-20-11-8-18(9-12-20)17-6-4-16(5-7-17)15-31-3/h4-14H,15H2,1-3H3,(H,29,30). The van der Waals surface area contributed by atoms with E-state index in [0.717, 1.165) is 28.8 Å². The van der Waals surface area contributed by atoms with Gasteiger partial charge in [-0.1, -0.05) is 36.4 Å². The van der Waals surface area contributed by atoms with Gasteiger partial charge in [0.1, 0.15) is 0 Å². The van der Waals surface area contributed by atoms with Gasteiger partial charge in [-0.15, -0.1) is 0 Å². The number of aromatic nitrogens is 1. The predicted octanol–water partition coefficient (Wildman–Crippen LogP) is 5.71. The number of hydrogen-bond donors (Lipinski definition) is 1. The molecule has 1 amide bonds. The highest BCUT2D eigenvalue weighted by atomic mass is 19.4. The lowest BCUT2D eigenvalue weighted by molar-refractivity contribution is -0.138. The first-order valence-electron chi connectivity index (χ1n) is 9.80. The molecule has 3 aromatic rings. The summed E-state index contributed by atoms with van der Waals surface area (Å²) in [5, 5.41) is 2.75. The van der Waals surface area contributed by atoms with Crippen LogP contribution in [-0.2, 0) is 22.3 Å². The molecule has 0 bridgehead atoms. The molecule has 3 rings (SSSR count). The zero-order chi connectivity index (χ0) is 23.4. The second kappa shape index (κ2) is 9.40. The summed E-state index contributed by atoms with van der Waals surface area (Å²) < 4.78 is 48.6. The molecule has 0 aliphatic heterocycles. The fraction of sp³-hybridized carbons (Fsp3) is 0.250. The van der Waals surface area contributed by atoms with Crippen LogP contribution >= 0.6 is 0 Å². The van der Waals surface area contributed by atoms with Crippen LogP contribution in [-0.4, -0.2) is 23.6 Å². The SMILES string of the molecule is COCc1ccc(-c2ccc(NC(=O)C(C)(C)Oc3ccc(C(F)(F)F)cn3)cc2)cc1. The van der Waals surface area contributed by atoms with E-state index in [2.05, 4.69) is 10.3 Å². The number of nitrogens with zero attached hydrogens (tertiary/aromatic N) is 1. The molecule has 0 aliphatic rings. The van der Waals surface area contributed by atoms with E-state index in [4.69, 9.17) is 9.47 Å². The smallest absolute Gasteiger partial charge is 0.417 e. The largest absolute Gasteiger partial charge is 0.462 e. The van der Waals surface area contributed by atoms with E-state index in [0.29, 0.717) is 18.5 Å². The van der Waals surface area contributed by atoms with E-state index in [9.17, 15) is 18.0 Å². The number of amides is 1. The minimum Gasteiger partial charge on any atom is -0.462 e. The second-order valence-electron chi connectivity index (χ2n) is 7.66. The van der Waals surface area contributed by atoms with Gasteiger partial charge in [0.05, 0.1) is 12.2 Å². The lowest BCUT2D eigenvalue weighted by Crippen LogP contribution is -2.42. The molecule has 168 valence electrons. The van der Waals surface area contributed by atoms with Crippen LogP contribution in [0.2, 0.25) is 0 Å². The number of methoxy groups -OCH3 is 1. The van der Waals surface area contributed by atoms with Crippen molar-refractivity contribution in [2.24, 2.45) is 0 Å². The number of alkyl halides is 3. The van der Waals surface area contributed by atoms with Gasteiger partial charge < -0.3 is 14.8 Å². The molecule has 0 saturated carbocycles. The van der Waals surface area contributed by atoms with Crippen LogP contribution in [0.5, 0.6) is 5.88 Å². The number of halogens is 3. The van der Waals surface area contributed by atoms with Gasteiger partial charge >= 0.3 is 6.18 Å². The average Bonchev–Trinajstić information content (AvgIpc) is 2.74. The number of carbonyl (C=O) groups excluding carboxylic acids is 1. The van der Waals surface area contributed by atoms with E-state index in [1.165, 1.54) is 13.8 Å². The van der Waals surface area contributed by atoms with Gasteiger partial charge in [-0.3, -0.25) is 4.79 Å². The first-order valence-corrected chi connectivity index (χ1v) is 9.80. The van der Waals surface area contributed by atoms with Crippen LogP contribution in [0.4, 0.5) is 18.9 Å². The van der Waals surface area contributed by atoms with Crippen molar-refractivity contribution >= 4 is 11.6 Å². The van der Waals surface area contributed by atoms with Crippen molar-refractivity contribution in [2.45, 2.75) is 32.2 Å². The Hall–Kier alpha value is -3.39. The Labute approximate surface area is 184 Å². The monoisotopic (exact) mass is 444 g/mol. The van der Waals surface area contributed by atoms with Crippen molar-refractivity contribution < 1.29 is 27.4 Å². The molecule has 0 spiro atoms. The molecule has 0 radical (unpaired) electrons. The molecule has 1 aromatic heterocycles. The van der Waals surface area contributed by atoms with Crippen molar-refractivity contribution in [1.29, 1.82) is 0 Å². The van der Waals surface area contributed by atoms with Crippen LogP contribution in [0, 0.1) is 0 Å². The summed E-state index contributed by atoms with van der Waals surface area (Å²) in [7, 11) is 1.65. The fourth-order valence-electron chi connectivity index (χ4n) is 2.90. The van der Waals surface area contributed by atoms with Crippen molar-refractivity contribution in [1.82, 2.24) is 4.98 Å². The number of benzene rings is 2. The van der Waals surface area contributed by atoms with Gasteiger partial charge in [-0.2, -0.15) is 13.2 Å². The third-order valence-electron chi connectivity index (χ3n) is 4.71. The third kappa shape index (κ3) is 5.85. The molecule has 1 heterocycles. The van der Waals surface area contributed by atoms with Crippen molar-refractivity contribution in [3.05, 3.63) is 78.0 Å². The highest BCUT2D eigenvalue weighted by molar-refractivity contribution is 5.97. The molecule has 5 nitrogen and oxygen atoms in total. The number of pyridine rings is 1. The van der Waals surface area contributed by atoms with Gasteiger partial charge in [0.25, 0.3) is 5.91 Å². The zero-order valence-corrected chi connectivity index (χ0v) is 17.9. The lowest BCUT2D eigenvalue weighted by Gasteiger charge is -2.24. The first-order chi connectivity index (χ1) is 15.1. The van der Waals surface area contributed by atoms with Crippen molar-refractivity contribution in [2.75, 3.05) is 12.4 Å². The van der Waals surface area contributed by atoms with E-state index in [1.54, 1.807) is 19.2 Å². The van der Waals surface area contributed by atoms with Gasteiger partial charge in [-0.05, 0) is 48.7 Å². The molecular weight excluding hydrogens is 421 g/mol. The Morgan fingerprint density at radius 3 is 2.03 bits per heavy atom. The van der Waals surface area contributed by atoms with E-state index in [-0.39, 0.29) is 5.88 Å². The van der Waals surface area contributed by atoms with Crippen LogP contribution in [0.3, 0.4) is 0 Å². The fourth-order valence-corrected chi connectivity index (χ4v) is 2.90. The number of hydrogen-bond acceptors (Lipinski definition) is 4. The summed E-state index contributed by atoms with van der Waals surface area (Å²) in [4.78, 5) is 16.3. The summed E-state index contributed by atoms with van der Waals surface area (Å²) in [5.74, 6) is -0.540. The molecule has 2 aromatic carbocycles. The molecule has 0 aliphatic carbocycles. The topological polar surface area (TPSA) is 60.5 Å². The van der Waals surface area contributed by atoms with E-state index >= 15 is 0 Å². The lowest BCUT2D eigenvalue weighted by atomic mass is 10.0. The summed E-state index contributed by atoms with van der Waals surface area (Å²) >= 11 is 0. The summed E-state index contributed by atoms with van der Waals surface area (Å²) in [5.41, 5.74) is 1.40. The Morgan fingerprint density at radius 1 is 0.938 bits per heavy atom. The highest BCUT2D eigenvalue weighted by Gasteiger charge is 2.33. The summed E-state index contributed by atoms with van der Waals surface area (Å²) in [6, 6.07) is 17.2. The average molecular weight is 444 g/mol. The molecule has 1 N–H and O–H groups in total. The van der Waals surface area contributed by atoms with Crippen molar-refractivity contribution in [3.8, 4) is 17.0 Å². The van der Waals surface area contributed by atoms with Crippen molar-refractivity contribution in [3.63, 3.8) is 0 Å². The maximum Gasteiger partial charge on any atom is 0.417 e. The Morgan fingerprint density at radius 2 is 1.53 bits per heavy atom. The van der Waals surface area contributed by atoms with Crippen LogP contribution in [0.15, 0.2) is 66.9 Å². The Balaban J connectivity index is 1.64. The van der Waals surface area contributed by atoms with Crippen LogP contribution < -0.4 is 10.1 Å². The molecule has 0 unspecified atom stereocenters. The molecular formula is C24H23F3N2O3. The molecule has 0 fully saturated rings. The molecule has 0 atom stereocenters. The van der Waals surface area contributed by atoms with E-state index < -0.39 is 23.2 Å². The summed E-state index contributed by atoms with van der Waals surface area (Å²) in [6.45, 7) is 3.57. The maximum atomic E-state index is 12.7. The second-order valence-corrected chi connectivity index (χ2v) is 7.66. The molecule has 32 heavy (non-hydrogen) atoms. The minimum atomic E-state index is -4.49. The summed E-state index contributed by atoms with van der Waals surface area (Å²) in [6.07, 6.45) is -3.82. The zero-order valence-electron chi connectivity index (χ0n) is 17.9. The Kier molecular flexibility index (Phi) is 6.84. The van der Waals surface area contributed by atoms with Gasteiger partial charge in [-0.25, -0.2) is 4.98 Å². The van der Waals surface area contributed by atoms with E-state index in [1.807, 2.05) is 36.4 Å². The third-order valence-corrected chi connectivity index (χ3v) is 4.71. The number of ether oxygens (including phenoxy) is 2. The number of anilines is 1. The molecule has 8 heteroatoms. The molecule has 0 saturated heterocycles. The van der Waals surface area contributed by atoms with Crippen LogP contribution in [0.1, 0.15) is 25.0 Å². The maximum absolute atomic E-state index is 12.7. The minimum absolute atomic E-state index is 0.0783. The van der Waals surface area contributed by atoms with Gasteiger partial charge in [0.2, 0.25) is 5.88 Å². The predicted molar refractivity (Wildman–Crippen MR) is 115 cm³/mol. The normalized spacial score (nSPS) is 11.8. The number of carbonyl (C=O) groups is 1. The van der Waals surface area contributed by atoms with Gasteiger partial charge in [0, 0.05) is 25.1 Å². The first kappa shape index (κ1) is 23.3. The number of nitrogens with one attached hydrogen (secondary N) is 1. The highest BCUT2D eigenvalue weighted by Crippen LogP contribution is 2.30. The number of rotatable bonds is 7. The quantitative estimate of drug-likeness (QED) is 0.507. The van der Waals surface area contributed by atoms with Crippen LogP contribution in [0.25, 0.3) is 11.1 Å².